The van der Waals surface area contributed by atoms with E-state index in [0.717, 1.165) is 17.0 Å². The minimum absolute atomic E-state index is 0.0432. The predicted molar refractivity (Wildman–Crippen MR) is 58.5 cm³/mol. The van der Waals surface area contributed by atoms with Crippen molar-refractivity contribution < 1.29 is 9.53 Å². The van der Waals surface area contributed by atoms with Gasteiger partial charge in [0.2, 0.25) is 0 Å². The summed E-state index contributed by atoms with van der Waals surface area (Å²) in [5.74, 6) is 0.835. The van der Waals surface area contributed by atoms with E-state index in [1.807, 2.05) is 24.3 Å². The van der Waals surface area contributed by atoms with Gasteiger partial charge >= 0.3 is 0 Å². The van der Waals surface area contributed by atoms with Gasteiger partial charge in [-0.2, -0.15) is 0 Å². The number of dihydropyridines is 1. The van der Waals surface area contributed by atoms with Gasteiger partial charge in [0.1, 0.15) is 12.3 Å². The molecule has 0 aromatic heterocycles. The van der Waals surface area contributed by atoms with E-state index < -0.39 is 0 Å². The zero-order valence-corrected chi connectivity index (χ0v) is 8.43. The van der Waals surface area contributed by atoms with E-state index in [9.17, 15) is 4.79 Å². The standard InChI is InChI=1S/C12H11NO2/c1-15-11-4-2-3-9(7-11)12-6-5-10(14)8-13-12/h2-7H,8H2,1H3. The molecule has 0 unspecified atom stereocenters. The van der Waals surface area contributed by atoms with E-state index in [2.05, 4.69) is 4.99 Å². The van der Waals surface area contributed by atoms with E-state index >= 15 is 0 Å². The molecule has 0 saturated heterocycles. The van der Waals surface area contributed by atoms with Crippen LogP contribution in [-0.4, -0.2) is 25.1 Å². The van der Waals surface area contributed by atoms with Crippen LogP contribution in [0.15, 0.2) is 41.4 Å². The monoisotopic (exact) mass is 201 g/mol. The molecule has 0 bridgehead atoms. The van der Waals surface area contributed by atoms with Crippen molar-refractivity contribution in [3.8, 4) is 5.75 Å². The summed E-state index contributed by atoms with van der Waals surface area (Å²) < 4.78 is 5.12. The Morgan fingerprint density at radius 1 is 1.33 bits per heavy atom. The molecular formula is C12H11NO2. The maximum absolute atomic E-state index is 10.9. The molecule has 2 rings (SSSR count). The van der Waals surface area contributed by atoms with Crippen LogP contribution in [0, 0.1) is 0 Å². The summed E-state index contributed by atoms with van der Waals surface area (Å²) >= 11 is 0. The van der Waals surface area contributed by atoms with Gasteiger partial charge in [0, 0.05) is 5.56 Å². The lowest BCUT2D eigenvalue weighted by atomic mass is 10.1. The molecule has 1 aliphatic heterocycles. The van der Waals surface area contributed by atoms with Crippen molar-refractivity contribution in [2.75, 3.05) is 13.7 Å². The largest absolute Gasteiger partial charge is 0.497 e. The number of hydrogen-bond donors (Lipinski definition) is 0. The summed E-state index contributed by atoms with van der Waals surface area (Å²) in [5.41, 5.74) is 1.80. The number of methoxy groups -OCH3 is 1. The van der Waals surface area contributed by atoms with Crippen LogP contribution in [0.25, 0.3) is 0 Å². The normalized spacial score (nSPS) is 15.0. The lowest BCUT2D eigenvalue weighted by Gasteiger charge is -2.07. The summed E-state index contributed by atoms with van der Waals surface area (Å²) in [4.78, 5) is 15.1. The number of carbonyl (C=O) groups excluding carboxylic acids is 1. The second kappa shape index (κ2) is 4.09. The first-order valence-corrected chi connectivity index (χ1v) is 4.69. The number of carbonyl (C=O) groups is 1. The van der Waals surface area contributed by atoms with Crippen LogP contribution in [0.1, 0.15) is 5.56 Å². The average Bonchev–Trinajstić information content (AvgIpc) is 2.30. The number of benzene rings is 1. The first-order valence-electron chi connectivity index (χ1n) is 4.69. The van der Waals surface area contributed by atoms with Crippen LogP contribution < -0.4 is 4.74 Å². The molecule has 1 heterocycles. The summed E-state index contributed by atoms with van der Waals surface area (Å²) in [6.45, 7) is 0.239. The highest BCUT2D eigenvalue weighted by Crippen LogP contribution is 2.14. The Morgan fingerprint density at radius 3 is 2.87 bits per heavy atom. The maximum Gasteiger partial charge on any atom is 0.177 e. The molecule has 1 aromatic carbocycles. The van der Waals surface area contributed by atoms with Gasteiger partial charge in [0.25, 0.3) is 0 Å². The van der Waals surface area contributed by atoms with Crippen molar-refractivity contribution in [2.24, 2.45) is 4.99 Å². The molecule has 3 heteroatoms. The molecular weight excluding hydrogens is 190 g/mol. The van der Waals surface area contributed by atoms with Gasteiger partial charge in [-0.15, -0.1) is 0 Å². The van der Waals surface area contributed by atoms with E-state index in [1.54, 1.807) is 19.3 Å². The molecule has 76 valence electrons. The van der Waals surface area contributed by atoms with Crippen LogP contribution in [0.3, 0.4) is 0 Å². The van der Waals surface area contributed by atoms with Gasteiger partial charge in [-0.05, 0) is 24.3 Å². The molecule has 0 radical (unpaired) electrons. The fourth-order valence-electron chi connectivity index (χ4n) is 1.41. The van der Waals surface area contributed by atoms with Gasteiger partial charge in [0.15, 0.2) is 5.78 Å². The smallest absolute Gasteiger partial charge is 0.177 e. The Balaban J connectivity index is 2.30. The number of ether oxygens (including phenoxy) is 1. The minimum atomic E-state index is 0.0432. The van der Waals surface area contributed by atoms with Crippen LogP contribution >= 0.6 is 0 Å². The predicted octanol–water partition coefficient (Wildman–Crippen LogP) is 1.62. The molecule has 0 atom stereocenters. The molecule has 1 aliphatic rings. The third-order valence-electron chi connectivity index (χ3n) is 2.20. The highest BCUT2D eigenvalue weighted by Gasteiger charge is 2.07. The van der Waals surface area contributed by atoms with Gasteiger partial charge < -0.3 is 4.74 Å². The fourth-order valence-corrected chi connectivity index (χ4v) is 1.41. The minimum Gasteiger partial charge on any atom is -0.497 e. The van der Waals surface area contributed by atoms with E-state index in [1.165, 1.54) is 0 Å². The van der Waals surface area contributed by atoms with Gasteiger partial charge in [0.05, 0.1) is 12.8 Å². The van der Waals surface area contributed by atoms with Crippen molar-refractivity contribution in [1.29, 1.82) is 0 Å². The molecule has 0 aliphatic carbocycles. The number of hydrogen-bond acceptors (Lipinski definition) is 3. The summed E-state index contributed by atoms with van der Waals surface area (Å²) in [7, 11) is 1.63. The SMILES string of the molecule is COc1cccc(C2=NCC(=O)C=C2)c1. The molecule has 3 nitrogen and oxygen atoms in total. The van der Waals surface area contributed by atoms with Crippen molar-refractivity contribution >= 4 is 11.5 Å². The Bertz CT molecular complexity index is 447. The van der Waals surface area contributed by atoms with E-state index in [0.29, 0.717) is 0 Å². The number of ketones is 1. The molecule has 0 N–H and O–H groups in total. The second-order valence-corrected chi connectivity index (χ2v) is 3.23. The maximum atomic E-state index is 10.9. The Kier molecular flexibility index (Phi) is 2.63. The third-order valence-corrected chi connectivity index (χ3v) is 2.20. The van der Waals surface area contributed by atoms with E-state index in [-0.39, 0.29) is 12.3 Å². The first kappa shape index (κ1) is 9.65. The first-order chi connectivity index (χ1) is 7.29. The third kappa shape index (κ3) is 2.13. The molecule has 0 fully saturated rings. The highest BCUT2D eigenvalue weighted by molar-refractivity contribution is 6.14. The Labute approximate surface area is 88.1 Å². The van der Waals surface area contributed by atoms with E-state index in [4.69, 9.17) is 4.74 Å². The fraction of sp³-hybridized carbons (Fsp3) is 0.167. The zero-order valence-electron chi connectivity index (χ0n) is 8.43. The Hall–Kier alpha value is -1.90. The van der Waals surface area contributed by atoms with Crippen molar-refractivity contribution in [3.05, 3.63) is 42.0 Å². The number of allylic oxidation sites excluding steroid dienone is 1. The molecule has 0 spiro atoms. The number of nitrogens with zero attached hydrogens (tertiary/aromatic N) is 1. The highest BCUT2D eigenvalue weighted by atomic mass is 16.5. The second-order valence-electron chi connectivity index (χ2n) is 3.23. The molecule has 15 heavy (non-hydrogen) atoms. The number of rotatable bonds is 2. The quantitative estimate of drug-likeness (QED) is 0.729. The van der Waals surface area contributed by atoms with Crippen LogP contribution in [0.5, 0.6) is 5.75 Å². The number of aliphatic imine (C=N–C) groups is 1. The zero-order chi connectivity index (χ0) is 10.7. The van der Waals surface area contributed by atoms with Gasteiger partial charge in [-0.3, -0.25) is 9.79 Å². The molecule has 0 amide bonds. The summed E-state index contributed by atoms with van der Waals surface area (Å²) in [6.07, 6.45) is 3.29. The summed E-state index contributed by atoms with van der Waals surface area (Å²) in [5, 5.41) is 0. The van der Waals surface area contributed by atoms with Gasteiger partial charge in [-0.25, -0.2) is 0 Å². The van der Waals surface area contributed by atoms with Crippen molar-refractivity contribution in [1.82, 2.24) is 0 Å². The average molecular weight is 201 g/mol. The van der Waals surface area contributed by atoms with Gasteiger partial charge in [-0.1, -0.05) is 12.1 Å². The van der Waals surface area contributed by atoms with Crippen LogP contribution in [-0.2, 0) is 4.79 Å². The van der Waals surface area contributed by atoms with Crippen molar-refractivity contribution in [3.63, 3.8) is 0 Å². The molecule has 0 saturated carbocycles. The van der Waals surface area contributed by atoms with Crippen LogP contribution in [0.4, 0.5) is 0 Å². The van der Waals surface area contributed by atoms with Crippen LogP contribution in [0.2, 0.25) is 0 Å². The molecule has 1 aromatic rings. The topological polar surface area (TPSA) is 38.7 Å². The Morgan fingerprint density at radius 2 is 2.20 bits per heavy atom. The van der Waals surface area contributed by atoms with Crippen molar-refractivity contribution in [2.45, 2.75) is 0 Å². The lowest BCUT2D eigenvalue weighted by molar-refractivity contribution is -0.113. The summed E-state index contributed by atoms with van der Waals surface area (Å²) in [6, 6.07) is 7.63. The lowest BCUT2D eigenvalue weighted by Crippen LogP contribution is -2.09.